The van der Waals surface area contributed by atoms with Crippen molar-refractivity contribution in [2.45, 2.75) is 0 Å². The lowest BCUT2D eigenvalue weighted by molar-refractivity contribution is 0.289. The van der Waals surface area contributed by atoms with Crippen LogP contribution >= 0.6 is 0 Å². The first kappa shape index (κ1) is 20.5. The van der Waals surface area contributed by atoms with Crippen LogP contribution in [0.4, 0.5) is 0 Å². The van der Waals surface area contributed by atoms with E-state index in [0.29, 0.717) is 5.75 Å². The molecule has 0 aromatic heterocycles. The van der Waals surface area contributed by atoms with Crippen molar-refractivity contribution in [1.82, 2.24) is 0 Å². The predicted octanol–water partition coefficient (Wildman–Crippen LogP) is 6.83. The van der Waals surface area contributed by atoms with Crippen molar-refractivity contribution < 1.29 is 14.7 Å². The highest BCUT2D eigenvalue weighted by molar-refractivity contribution is 6.34. The third kappa shape index (κ3) is 3.32. The Kier molecular flexibility index (Phi) is 5.03. The zero-order valence-electron chi connectivity index (χ0n) is 18.3. The third-order valence-electron chi connectivity index (χ3n) is 6.38. The van der Waals surface area contributed by atoms with Gasteiger partial charge < -0.3 is 14.7 Å². The van der Waals surface area contributed by atoms with Crippen molar-refractivity contribution in [3.63, 3.8) is 0 Å². The van der Waals surface area contributed by atoms with E-state index in [2.05, 4.69) is 78.9 Å². The van der Waals surface area contributed by atoms with Gasteiger partial charge in [0.05, 0.1) is 0 Å². The molecule has 0 atom stereocenters. The Morgan fingerprint density at radius 1 is 0.441 bits per heavy atom. The Hall–Kier alpha value is -4.12. The average molecular weight is 440 g/mol. The Labute approximate surface area is 197 Å². The summed E-state index contributed by atoms with van der Waals surface area (Å²) in [6, 6.07) is 39.3. The summed E-state index contributed by atoms with van der Waals surface area (Å²) < 4.78 is 5.28. The van der Waals surface area contributed by atoms with E-state index in [0.717, 1.165) is 21.9 Å². The van der Waals surface area contributed by atoms with Crippen molar-refractivity contribution in [1.29, 1.82) is 0 Å². The molecule has 0 aliphatic rings. The lowest BCUT2D eigenvalue weighted by atomic mass is 9.84. The summed E-state index contributed by atoms with van der Waals surface area (Å²) >= 11 is 0. The molecule has 0 unspecified atom stereocenters. The molecule has 6 aromatic rings. The molecule has 0 radical (unpaired) electrons. The van der Waals surface area contributed by atoms with Crippen molar-refractivity contribution in [3.05, 3.63) is 115 Å². The normalized spacial score (nSPS) is 11.2. The molecule has 0 fully saturated rings. The second-order valence-electron chi connectivity index (χ2n) is 8.31. The molecule has 6 rings (SSSR count). The molecule has 34 heavy (non-hydrogen) atoms. The first-order chi connectivity index (χ1) is 16.7. The van der Waals surface area contributed by atoms with Crippen LogP contribution in [0.3, 0.4) is 0 Å². The maximum Gasteiger partial charge on any atom is 0.707 e. The molecule has 0 bridgehead atoms. The second kappa shape index (κ2) is 8.34. The van der Waals surface area contributed by atoms with Crippen LogP contribution in [0.1, 0.15) is 0 Å². The van der Waals surface area contributed by atoms with E-state index in [1.807, 2.05) is 36.4 Å². The van der Waals surface area contributed by atoms with Gasteiger partial charge in [0, 0.05) is 5.39 Å². The van der Waals surface area contributed by atoms with Crippen LogP contribution in [0.15, 0.2) is 115 Å². The van der Waals surface area contributed by atoms with E-state index in [-0.39, 0.29) is 0 Å². The van der Waals surface area contributed by atoms with Gasteiger partial charge in [-0.1, -0.05) is 109 Å². The summed E-state index contributed by atoms with van der Waals surface area (Å²) in [4.78, 5) is 0. The van der Waals surface area contributed by atoms with Gasteiger partial charge in [-0.2, -0.15) is 0 Å². The molecule has 0 amide bonds. The quantitative estimate of drug-likeness (QED) is 0.233. The highest BCUT2D eigenvalue weighted by Crippen LogP contribution is 2.46. The molecular formula is C30H21BO3. The molecule has 2 N–H and O–H groups in total. The monoisotopic (exact) mass is 440 g/mol. The summed E-state index contributed by atoms with van der Waals surface area (Å²) in [6.07, 6.45) is 0. The number of hydrogen-bond donors (Lipinski definition) is 2. The van der Waals surface area contributed by atoms with Gasteiger partial charge in [0.1, 0.15) is 5.75 Å². The minimum atomic E-state index is -1.87. The van der Waals surface area contributed by atoms with Crippen LogP contribution in [0.25, 0.3) is 54.6 Å². The lowest BCUT2D eigenvalue weighted by Gasteiger charge is -2.19. The van der Waals surface area contributed by atoms with Crippen molar-refractivity contribution in [2.24, 2.45) is 0 Å². The molecule has 0 saturated heterocycles. The van der Waals surface area contributed by atoms with Crippen LogP contribution in [0.2, 0.25) is 0 Å². The van der Waals surface area contributed by atoms with Gasteiger partial charge in [-0.05, 0) is 55.3 Å². The Balaban J connectivity index is 1.76. The van der Waals surface area contributed by atoms with E-state index >= 15 is 0 Å². The smallest absolute Gasteiger partial charge is 0.512 e. The SMILES string of the molecule is OB(O)Oc1ccc(-c2c3ccccc3c(-c3ccccc3)c3ccccc23)c2ccccc12. The highest BCUT2D eigenvalue weighted by Gasteiger charge is 2.19. The zero-order chi connectivity index (χ0) is 23.1. The Morgan fingerprint density at radius 3 is 1.47 bits per heavy atom. The van der Waals surface area contributed by atoms with Gasteiger partial charge in [0.15, 0.2) is 0 Å². The standard InChI is InChI=1S/C30H21BO3/c32-31(33)34-28-19-18-27(21-12-4-5-13-22(21)28)30-25-16-8-6-14-23(25)29(20-10-2-1-3-11-20)24-15-7-9-17-26(24)30/h1-19,32-33H. The average Bonchev–Trinajstić information content (AvgIpc) is 2.88. The van der Waals surface area contributed by atoms with Gasteiger partial charge >= 0.3 is 7.32 Å². The maximum absolute atomic E-state index is 9.41. The summed E-state index contributed by atoms with van der Waals surface area (Å²) in [5.74, 6) is 0.434. The van der Waals surface area contributed by atoms with Crippen LogP contribution < -0.4 is 4.65 Å². The van der Waals surface area contributed by atoms with Gasteiger partial charge in [-0.3, -0.25) is 0 Å². The molecule has 0 aliphatic heterocycles. The number of rotatable bonds is 4. The van der Waals surface area contributed by atoms with E-state index in [1.165, 1.54) is 32.7 Å². The number of benzene rings is 6. The van der Waals surface area contributed by atoms with Crippen LogP contribution in [0, 0.1) is 0 Å². The third-order valence-corrected chi connectivity index (χ3v) is 6.38. The van der Waals surface area contributed by atoms with Crippen molar-refractivity contribution in [3.8, 4) is 28.0 Å². The van der Waals surface area contributed by atoms with Gasteiger partial charge in [0.2, 0.25) is 0 Å². The first-order valence-electron chi connectivity index (χ1n) is 11.3. The minimum absolute atomic E-state index is 0.434. The van der Waals surface area contributed by atoms with E-state index in [1.54, 1.807) is 0 Å². The minimum Gasteiger partial charge on any atom is -0.512 e. The van der Waals surface area contributed by atoms with Crippen molar-refractivity contribution in [2.75, 3.05) is 0 Å². The molecule has 0 saturated carbocycles. The van der Waals surface area contributed by atoms with Crippen LogP contribution in [-0.4, -0.2) is 17.4 Å². The molecule has 3 nitrogen and oxygen atoms in total. The summed E-state index contributed by atoms with van der Waals surface area (Å²) in [5.41, 5.74) is 4.63. The first-order valence-corrected chi connectivity index (χ1v) is 11.3. The topological polar surface area (TPSA) is 49.7 Å². The van der Waals surface area contributed by atoms with E-state index in [9.17, 15) is 10.0 Å². The lowest BCUT2D eigenvalue weighted by Crippen LogP contribution is -2.20. The molecular weight excluding hydrogens is 419 g/mol. The summed E-state index contributed by atoms with van der Waals surface area (Å²) in [6.45, 7) is 0. The molecule has 0 heterocycles. The fraction of sp³-hybridized carbons (Fsp3) is 0. The van der Waals surface area contributed by atoms with Gasteiger partial charge in [0.25, 0.3) is 0 Å². The van der Waals surface area contributed by atoms with Gasteiger partial charge in [-0.15, -0.1) is 0 Å². The summed E-state index contributed by atoms with van der Waals surface area (Å²) in [5, 5.41) is 25.3. The fourth-order valence-electron chi connectivity index (χ4n) is 5.04. The Bertz CT molecular complexity index is 1600. The molecule has 0 aliphatic carbocycles. The van der Waals surface area contributed by atoms with Crippen molar-refractivity contribution >= 4 is 39.6 Å². The molecule has 0 spiro atoms. The number of fused-ring (bicyclic) bond motifs is 3. The Morgan fingerprint density at radius 2 is 0.912 bits per heavy atom. The molecule has 162 valence electrons. The molecule has 4 heteroatoms. The predicted molar refractivity (Wildman–Crippen MR) is 141 cm³/mol. The van der Waals surface area contributed by atoms with Crippen LogP contribution in [-0.2, 0) is 0 Å². The maximum atomic E-state index is 9.41. The van der Waals surface area contributed by atoms with Crippen LogP contribution in [0.5, 0.6) is 5.75 Å². The molecule has 6 aromatic carbocycles. The number of hydrogen-bond acceptors (Lipinski definition) is 3. The highest BCUT2D eigenvalue weighted by atomic mass is 16.6. The second-order valence-corrected chi connectivity index (χ2v) is 8.31. The van der Waals surface area contributed by atoms with E-state index in [4.69, 9.17) is 4.65 Å². The zero-order valence-corrected chi connectivity index (χ0v) is 18.3. The summed E-state index contributed by atoms with van der Waals surface area (Å²) in [7, 11) is -1.87. The largest absolute Gasteiger partial charge is 0.707 e. The van der Waals surface area contributed by atoms with Gasteiger partial charge in [-0.25, -0.2) is 0 Å². The fourth-order valence-corrected chi connectivity index (χ4v) is 5.04. The van der Waals surface area contributed by atoms with E-state index < -0.39 is 7.32 Å².